The third-order valence-corrected chi connectivity index (χ3v) is 5.77. The number of hydrogen-bond donors (Lipinski definition) is 1. The first kappa shape index (κ1) is 14.1. The molecular weight excluding hydrogens is 244 g/mol. The average Bonchev–Trinajstić information content (AvgIpc) is 2.46. The van der Waals surface area contributed by atoms with E-state index in [1.165, 1.54) is 56.1 Å². The molecule has 2 aliphatic rings. The maximum atomic E-state index is 10.8. The lowest BCUT2D eigenvalue weighted by Crippen LogP contribution is -2.30. The normalized spacial score (nSPS) is 31.6. The van der Waals surface area contributed by atoms with Crippen LogP contribution in [-0.4, -0.2) is 5.11 Å². The summed E-state index contributed by atoms with van der Waals surface area (Å²) in [5, 5.41) is 10.8. The standard InChI is InChI=1S/C19H28O/c1-13-7-10-18(14(2)11-13)19(20)17-9-8-15-5-3-4-6-16(15)12-17/h7,10-11,15-17,19-20H,3-6,8-9,12H2,1-2H3. The van der Waals surface area contributed by atoms with Crippen LogP contribution in [0.5, 0.6) is 0 Å². The molecule has 110 valence electrons. The maximum Gasteiger partial charge on any atom is 0.0820 e. The van der Waals surface area contributed by atoms with Crippen LogP contribution in [0.3, 0.4) is 0 Å². The van der Waals surface area contributed by atoms with Crippen LogP contribution in [0.25, 0.3) is 0 Å². The molecule has 0 radical (unpaired) electrons. The molecule has 0 bridgehead atoms. The van der Waals surface area contributed by atoms with Crippen molar-refractivity contribution in [3.05, 3.63) is 34.9 Å². The van der Waals surface area contributed by atoms with Gasteiger partial charge in [-0.3, -0.25) is 0 Å². The summed E-state index contributed by atoms with van der Waals surface area (Å²) in [5.41, 5.74) is 3.70. The van der Waals surface area contributed by atoms with E-state index in [2.05, 4.69) is 32.0 Å². The predicted octanol–water partition coefficient (Wildman–Crippen LogP) is 4.94. The van der Waals surface area contributed by atoms with Crippen molar-refractivity contribution >= 4 is 0 Å². The third-order valence-electron chi connectivity index (χ3n) is 5.77. The van der Waals surface area contributed by atoms with Crippen molar-refractivity contribution in [3.63, 3.8) is 0 Å². The summed E-state index contributed by atoms with van der Waals surface area (Å²) in [6, 6.07) is 6.48. The van der Waals surface area contributed by atoms with Crippen LogP contribution < -0.4 is 0 Å². The molecular formula is C19H28O. The second-order valence-corrected chi connectivity index (χ2v) is 7.18. The lowest BCUT2D eigenvalue weighted by Gasteiger charge is -2.41. The lowest BCUT2D eigenvalue weighted by atomic mass is 9.66. The minimum atomic E-state index is -0.251. The van der Waals surface area contributed by atoms with Crippen LogP contribution in [0.4, 0.5) is 0 Å². The van der Waals surface area contributed by atoms with Crippen LogP contribution in [0.2, 0.25) is 0 Å². The van der Waals surface area contributed by atoms with Crippen LogP contribution in [0.15, 0.2) is 18.2 Å². The van der Waals surface area contributed by atoms with Gasteiger partial charge in [0.05, 0.1) is 6.10 Å². The molecule has 0 heterocycles. The number of aliphatic hydroxyl groups excluding tert-OH is 1. The zero-order chi connectivity index (χ0) is 14.1. The Morgan fingerprint density at radius 3 is 2.50 bits per heavy atom. The Balaban J connectivity index is 1.72. The fourth-order valence-corrected chi connectivity index (χ4v) is 4.61. The fraction of sp³-hybridized carbons (Fsp3) is 0.684. The minimum Gasteiger partial charge on any atom is -0.388 e. The van der Waals surface area contributed by atoms with Gasteiger partial charge in [0.15, 0.2) is 0 Å². The van der Waals surface area contributed by atoms with Gasteiger partial charge in [-0.2, -0.15) is 0 Å². The third kappa shape index (κ3) is 2.79. The van der Waals surface area contributed by atoms with Gasteiger partial charge in [-0.1, -0.05) is 49.4 Å². The maximum absolute atomic E-state index is 10.8. The summed E-state index contributed by atoms with van der Waals surface area (Å²) in [5.74, 6) is 2.34. The molecule has 4 atom stereocenters. The van der Waals surface area contributed by atoms with Gasteiger partial charge in [0.2, 0.25) is 0 Å². The second kappa shape index (κ2) is 5.89. The number of hydrogen-bond acceptors (Lipinski definition) is 1. The Morgan fingerprint density at radius 1 is 1.00 bits per heavy atom. The van der Waals surface area contributed by atoms with E-state index in [4.69, 9.17) is 0 Å². The van der Waals surface area contributed by atoms with Crippen molar-refractivity contribution in [2.45, 2.75) is 64.9 Å². The molecule has 0 aliphatic heterocycles. The van der Waals surface area contributed by atoms with Gasteiger partial charge in [-0.15, -0.1) is 0 Å². The first-order chi connectivity index (χ1) is 9.65. The SMILES string of the molecule is Cc1ccc(C(O)C2CCC3CCCCC3C2)c(C)c1. The smallest absolute Gasteiger partial charge is 0.0820 e. The van der Waals surface area contributed by atoms with E-state index in [0.29, 0.717) is 5.92 Å². The molecule has 0 aromatic heterocycles. The van der Waals surface area contributed by atoms with Gasteiger partial charge in [0, 0.05) is 0 Å². The molecule has 1 aromatic carbocycles. The lowest BCUT2D eigenvalue weighted by molar-refractivity contribution is 0.0346. The van der Waals surface area contributed by atoms with Crippen LogP contribution in [0.1, 0.15) is 67.7 Å². The van der Waals surface area contributed by atoms with Crippen molar-refractivity contribution in [2.24, 2.45) is 17.8 Å². The number of fused-ring (bicyclic) bond motifs is 1. The van der Waals surface area contributed by atoms with E-state index in [-0.39, 0.29) is 6.10 Å². The first-order valence-corrected chi connectivity index (χ1v) is 8.40. The van der Waals surface area contributed by atoms with E-state index in [1.807, 2.05) is 0 Å². The Morgan fingerprint density at radius 2 is 1.75 bits per heavy atom. The Hall–Kier alpha value is -0.820. The fourth-order valence-electron chi connectivity index (χ4n) is 4.61. The molecule has 1 heteroatoms. The number of aryl methyl sites for hydroxylation is 2. The number of rotatable bonds is 2. The summed E-state index contributed by atoms with van der Waals surface area (Å²) >= 11 is 0. The van der Waals surface area contributed by atoms with Gasteiger partial charge >= 0.3 is 0 Å². The van der Waals surface area contributed by atoms with Crippen molar-refractivity contribution in [2.75, 3.05) is 0 Å². The Bertz CT molecular complexity index is 465. The van der Waals surface area contributed by atoms with E-state index >= 15 is 0 Å². The Kier molecular flexibility index (Phi) is 4.16. The van der Waals surface area contributed by atoms with Crippen LogP contribution >= 0.6 is 0 Å². The van der Waals surface area contributed by atoms with Crippen molar-refractivity contribution < 1.29 is 5.11 Å². The first-order valence-electron chi connectivity index (χ1n) is 8.40. The summed E-state index contributed by atoms with van der Waals surface area (Å²) in [7, 11) is 0. The summed E-state index contributed by atoms with van der Waals surface area (Å²) in [6.07, 6.45) is 9.25. The molecule has 0 spiro atoms. The highest BCUT2D eigenvalue weighted by atomic mass is 16.3. The molecule has 0 saturated heterocycles. The topological polar surface area (TPSA) is 20.2 Å². The molecule has 2 saturated carbocycles. The van der Waals surface area contributed by atoms with E-state index in [0.717, 1.165) is 17.4 Å². The summed E-state index contributed by atoms with van der Waals surface area (Å²) in [6.45, 7) is 4.26. The van der Waals surface area contributed by atoms with E-state index in [9.17, 15) is 5.11 Å². The van der Waals surface area contributed by atoms with E-state index < -0.39 is 0 Å². The van der Waals surface area contributed by atoms with Crippen molar-refractivity contribution in [1.29, 1.82) is 0 Å². The van der Waals surface area contributed by atoms with E-state index in [1.54, 1.807) is 0 Å². The molecule has 4 unspecified atom stereocenters. The van der Waals surface area contributed by atoms with Gasteiger partial charge < -0.3 is 5.11 Å². The summed E-state index contributed by atoms with van der Waals surface area (Å²) < 4.78 is 0. The predicted molar refractivity (Wildman–Crippen MR) is 83.7 cm³/mol. The largest absolute Gasteiger partial charge is 0.388 e. The van der Waals surface area contributed by atoms with Crippen LogP contribution in [-0.2, 0) is 0 Å². The van der Waals surface area contributed by atoms with Crippen molar-refractivity contribution in [1.82, 2.24) is 0 Å². The molecule has 20 heavy (non-hydrogen) atoms. The number of benzene rings is 1. The van der Waals surface area contributed by atoms with Gasteiger partial charge in [0.1, 0.15) is 0 Å². The molecule has 0 amide bonds. The number of aliphatic hydroxyl groups is 1. The molecule has 1 N–H and O–H groups in total. The molecule has 1 aromatic rings. The molecule has 2 aliphatic carbocycles. The Labute approximate surface area is 123 Å². The van der Waals surface area contributed by atoms with Gasteiger partial charge in [-0.05, 0) is 62.0 Å². The van der Waals surface area contributed by atoms with Gasteiger partial charge in [0.25, 0.3) is 0 Å². The highest BCUT2D eigenvalue weighted by Crippen LogP contribution is 2.46. The molecule has 1 nitrogen and oxygen atoms in total. The van der Waals surface area contributed by atoms with Crippen molar-refractivity contribution in [3.8, 4) is 0 Å². The highest BCUT2D eigenvalue weighted by Gasteiger charge is 2.35. The quantitative estimate of drug-likeness (QED) is 0.808. The van der Waals surface area contributed by atoms with Crippen LogP contribution in [0, 0.1) is 31.6 Å². The highest BCUT2D eigenvalue weighted by molar-refractivity contribution is 5.32. The molecule has 2 fully saturated rings. The molecule has 3 rings (SSSR count). The average molecular weight is 272 g/mol. The zero-order valence-corrected chi connectivity index (χ0v) is 12.9. The summed E-state index contributed by atoms with van der Waals surface area (Å²) in [4.78, 5) is 0. The zero-order valence-electron chi connectivity index (χ0n) is 12.9. The second-order valence-electron chi connectivity index (χ2n) is 7.18. The monoisotopic (exact) mass is 272 g/mol. The minimum absolute atomic E-state index is 0.251. The van der Waals surface area contributed by atoms with Gasteiger partial charge in [-0.25, -0.2) is 0 Å².